The average Bonchev–Trinajstić information content (AvgIpc) is 2.38. The van der Waals surface area contributed by atoms with Crippen LogP contribution in [-0.4, -0.2) is 20.3 Å². The normalized spacial score (nSPS) is 13.8. The van der Waals surface area contributed by atoms with Gasteiger partial charge in [-0.3, -0.25) is 0 Å². The number of benzene rings is 1. The highest BCUT2D eigenvalue weighted by Crippen LogP contribution is 2.29. The lowest BCUT2D eigenvalue weighted by Crippen LogP contribution is -2.28. The van der Waals surface area contributed by atoms with Gasteiger partial charge in [-0.05, 0) is 38.5 Å². The van der Waals surface area contributed by atoms with Gasteiger partial charge in [0.05, 0.1) is 14.2 Å². The van der Waals surface area contributed by atoms with Crippen LogP contribution in [0.3, 0.4) is 0 Å². The predicted molar refractivity (Wildman–Crippen MR) is 75.4 cm³/mol. The Morgan fingerprint density at radius 2 is 2.00 bits per heavy atom. The fourth-order valence-electron chi connectivity index (χ4n) is 2.01. The lowest BCUT2D eigenvalue weighted by atomic mass is 10.1. The van der Waals surface area contributed by atoms with E-state index in [9.17, 15) is 0 Å². The number of methoxy groups -OCH3 is 2. The molecule has 0 aliphatic rings. The molecule has 2 atom stereocenters. The standard InChI is InChI=1S/C15H23NO2/c1-6-7-11(2)16-12(3)14-10-13(17-4)8-9-15(14)18-5/h6,8-12,16H,1,7H2,2-5H3. The van der Waals surface area contributed by atoms with Crippen molar-refractivity contribution < 1.29 is 9.47 Å². The minimum Gasteiger partial charge on any atom is -0.497 e. The number of nitrogens with one attached hydrogen (secondary N) is 1. The summed E-state index contributed by atoms with van der Waals surface area (Å²) < 4.78 is 10.6. The second-order valence-electron chi connectivity index (χ2n) is 4.42. The first-order chi connectivity index (χ1) is 8.62. The summed E-state index contributed by atoms with van der Waals surface area (Å²) in [6, 6.07) is 6.43. The van der Waals surface area contributed by atoms with Crippen molar-refractivity contribution in [3.63, 3.8) is 0 Å². The molecule has 0 heterocycles. The SMILES string of the molecule is C=CCC(C)NC(C)c1cc(OC)ccc1OC. The molecule has 0 spiro atoms. The Hall–Kier alpha value is -1.48. The molecule has 0 saturated carbocycles. The van der Waals surface area contributed by atoms with Gasteiger partial charge in [-0.25, -0.2) is 0 Å². The van der Waals surface area contributed by atoms with Crippen LogP contribution in [0.5, 0.6) is 11.5 Å². The van der Waals surface area contributed by atoms with E-state index in [0.29, 0.717) is 6.04 Å². The van der Waals surface area contributed by atoms with E-state index in [2.05, 4.69) is 25.7 Å². The first-order valence-corrected chi connectivity index (χ1v) is 6.21. The minimum absolute atomic E-state index is 0.199. The van der Waals surface area contributed by atoms with Crippen LogP contribution in [0.1, 0.15) is 31.9 Å². The van der Waals surface area contributed by atoms with Gasteiger partial charge >= 0.3 is 0 Å². The van der Waals surface area contributed by atoms with Gasteiger partial charge < -0.3 is 14.8 Å². The summed E-state index contributed by atoms with van der Waals surface area (Å²) in [4.78, 5) is 0. The molecule has 1 aromatic carbocycles. The topological polar surface area (TPSA) is 30.5 Å². The first kappa shape index (κ1) is 14.6. The smallest absolute Gasteiger partial charge is 0.123 e. The molecule has 1 rings (SSSR count). The minimum atomic E-state index is 0.199. The average molecular weight is 249 g/mol. The molecule has 0 radical (unpaired) electrons. The summed E-state index contributed by atoms with van der Waals surface area (Å²) in [5, 5.41) is 3.52. The molecular formula is C15H23NO2. The second kappa shape index (κ2) is 7.07. The molecule has 3 nitrogen and oxygen atoms in total. The summed E-state index contributed by atoms with van der Waals surface area (Å²) >= 11 is 0. The zero-order valence-electron chi connectivity index (χ0n) is 11.7. The van der Waals surface area contributed by atoms with Crippen LogP contribution in [0.4, 0.5) is 0 Å². The van der Waals surface area contributed by atoms with Gasteiger partial charge in [-0.2, -0.15) is 0 Å². The van der Waals surface area contributed by atoms with Crippen molar-refractivity contribution in [3.05, 3.63) is 36.4 Å². The van der Waals surface area contributed by atoms with E-state index in [4.69, 9.17) is 9.47 Å². The van der Waals surface area contributed by atoms with Crippen LogP contribution in [0.15, 0.2) is 30.9 Å². The summed E-state index contributed by atoms with van der Waals surface area (Å²) in [6.07, 6.45) is 2.86. The molecule has 1 N–H and O–H groups in total. The highest BCUT2D eigenvalue weighted by molar-refractivity contribution is 5.42. The molecule has 18 heavy (non-hydrogen) atoms. The largest absolute Gasteiger partial charge is 0.497 e. The van der Waals surface area contributed by atoms with Crippen LogP contribution in [-0.2, 0) is 0 Å². The van der Waals surface area contributed by atoms with Gasteiger partial charge in [0, 0.05) is 17.6 Å². The van der Waals surface area contributed by atoms with E-state index in [0.717, 1.165) is 23.5 Å². The van der Waals surface area contributed by atoms with Gasteiger partial charge in [0.1, 0.15) is 11.5 Å². The highest BCUT2D eigenvalue weighted by Gasteiger charge is 2.14. The van der Waals surface area contributed by atoms with Crippen molar-refractivity contribution >= 4 is 0 Å². The molecular weight excluding hydrogens is 226 g/mol. The number of ether oxygens (including phenoxy) is 2. The zero-order chi connectivity index (χ0) is 13.5. The lowest BCUT2D eigenvalue weighted by Gasteiger charge is -2.21. The summed E-state index contributed by atoms with van der Waals surface area (Å²) in [5.41, 5.74) is 1.10. The van der Waals surface area contributed by atoms with Gasteiger partial charge in [-0.1, -0.05) is 6.08 Å². The molecule has 0 saturated heterocycles. The van der Waals surface area contributed by atoms with Crippen molar-refractivity contribution in [2.75, 3.05) is 14.2 Å². The summed E-state index contributed by atoms with van der Waals surface area (Å²) in [5.74, 6) is 1.72. The van der Waals surface area contributed by atoms with Crippen LogP contribution in [0.2, 0.25) is 0 Å². The molecule has 0 aliphatic heterocycles. The maximum Gasteiger partial charge on any atom is 0.123 e. The van der Waals surface area contributed by atoms with Gasteiger partial charge in [0.25, 0.3) is 0 Å². The van der Waals surface area contributed by atoms with E-state index in [1.807, 2.05) is 24.3 Å². The van der Waals surface area contributed by atoms with Gasteiger partial charge in [-0.15, -0.1) is 6.58 Å². The molecule has 0 aliphatic carbocycles. The fraction of sp³-hybridized carbons (Fsp3) is 0.467. The quantitative estimate of drug-likeness (QED) is 0.752. The molecule has 100 valence electrons. The predicted octanol–water partition coefficient (Wildman–Crippen LogP) is 3.32. The Labute approximate surface area is 110 Å². The highest BCUT2D eigenvalue weighted by atomic mass is 16.5. The van der Waals surface area contributed by atoms with Crippen molar-refractivity contribution in [2.45, 2.75) is 32.4 Å². The number of hydrogen-bond donors (Lipinski definition) is 1. The van der Waals surface area contributed by atoms with Gasteiger partial charge in [0.15, 0.2) is 0 Å². The monoisotopic (exact) mass is 249 g/mol. The Bertz CT molecular complexity index is 390. The molecule has 1 aromatic rings. The maximum atomic E-state index is 5.39. The Balaban J connectivity index is 2.88. The molecule has 0 bridgehead atoms. The van der Waals surface area contributed by atoms with Crippen LogP contribution >= 0.6 is 0 Å². The molecule has 0 amide bonds. The van der Waals surface area contributed by atoms with E-state index in [-0.39, 0.29) is 6.04 Å². The van der Waals surface area contributed by atoms with Crippen LogP contribution in [0, 0.1) is 0 Å². The van der Waals surface area contributed by atoms with Crippen molar-refractivity contribution in [3.8, 4) is 11.5 Å². The fourth-order valence-corrected chi connectivity index (χ4v) is 2.01. The zero-order valence-corrected chi connectivity index (χ0v) is 11.7. The Morgan fingerprint density at radius 1 is 1.28 bits per heavy atom. The van der Waals surface area contributed by atoms with Gasteiger partial charge in [0.2, 0.25) is 0 Å². The van der Waals surface area contributed by atoms with E-state index < -0.39 is 0 Å². The third-order valence-electron chi connectivity index (χ3n) is 2.96. The summed E-state index contributed by atoms with van der Waals surface area (Å²) in [7, 11) is 3.36. The molecule has 3 heteroatoms. The number of rotatable bonds is 7. The van der Waals surface area contributed by atoms with E-state index in [1.165, 1.54) is 0 Å². The molecule has 2 unspecified atom stereocenters. The van der Waals surface area contributed by atoms with E-state index >= 15 is 0 Å². The Kier molecular flexibility index (Phi) is 5.72. The number of hydrogen-bond acceptors (Lipinski definition) is 3. The van der Waals surface area contributed by atoms with Crippen LogP contribution in [0.25, 0.3) is 0 Å². The van der Waals surface area contributed by atoms with Crippen molar-refractivity contribution in [1.29, 1.82) is 0 Å². The first-order valence-electron chi connectivity index (χ1n) is 6.21. The lowest BCUT2D eigenvalue weighted by molar-refractivity contribution is 0.387. The molecule has 0 aromatic heterocycles. The summed E-state index contributed by atoms with van der Waals surface area (Å²) in [6.45, 7) is 8.02. The van der Waals surface area contributed by atoms with Crippen molar-refractivity contribution in [1.82, 2.24) is 5.32 Å². The third kappa shape index (κ3) is 3.77. The molecule has 0 fully saturated rings. The van der Waals surface area contributed by atoms with E-state index in [1.54, 1.807) is 14.2 Å². The maximum absolute atomic E-state index is 5.39. The third-order valence-corrected chi connectivity index (χ3v) is 2.96. The second-order valence-corrected chi connectivity index (χ2v) is 4.42. The Morgan fingerprint density at radius 3 is 2.56 bits per heavy atom. The van der Waals surface area contributed by atoms with Crippen LogP contribution < -0.4 is 14.8 Å². The van der Waals surface area contributed by atoms with Crippen molar-refractivity contribution in [2.24, 2.45) is 0 Å².